The summed E-state index contributed by atoms with van der Waals surface area (Å²) in [7, 11) is 0. The van der Waals surface area contributed by atoms with Crippen LogP contribution in [0.25, 0.3) is 0 Å². The highest BCUT2D eigenvalue weighted by molar-refractivity contribution is 4.81. The Morgan fingerprint density at radius 2 is 2.08 bits per heavy atom. The van der Waals surface area contributed by atoms with E-state index in [0.717, 1.165) is 19.8 Å². The molecule has 2 fully saturated rings. The summed E-state index contributed by atoms with van der Waals surface area (Å²) >= 11 is 0. The fourth-order valence-electron chi connectivity index (χ4n) is 1.89. The molecule has 0 unspecified atom stereocenters. The van der Waals surface area contributed by atoms with E-state index in [1.807, 2.05) is 0 Å². The summed E-state index contributed by atoms with van der Waals surface area (Å²) < 4.78 is 5.16. The topological polar surface area (TPSA) is 30.5 Å². The second kappa shape index (κ2) is 3.95. The molecule has 0 amide bonds. The van der Waals surface area contributed by atoms with Gasteiger partial charge in [0.2, 0.25) is 0 Å². The fraction of sp³-hybridized carbons (Fsp3) is 1.00. The monoisotopic (exact) mass is 185 g/mol. The number of nitrogens with one attached hydrogen (secondary N) is 1. The third-order valence-electron chi connectivity index (χ3n) is 2.95. The van der Waals surface area contributed by atoms with Crippen LogP contribution in [0.4, 0.5) is 0 Å². The van der Waals surface area contributed by atoms with E-state index in [0.29, 0.717) is 11.5 Å². The zero-order valence-electron chi connectivity index (χ0n) is 8.34. The van der Waals surface area contributed by atoms with Crippen molar-refractivity contribution in [3.63, 3.8) is 0 Å². The van der Waals surface area contributed by atoms with Crippen molar-refractivity contribution in [3.05, 3.63) is 0 Å². The molecule has 1 N–H and O–H groups in total. The van der Waals surface area contributed by atoms with Gasteiger partial charge >= 0.3 is 0 Å². The van der Waals surface area contributed by atoms with E-state index >= 15 is 0 Å². The van der Waals surface area contributed by atoms with Gasteiger partial charge in [0.05, 0.1) is 19.3 Å². The van der Waals surface area contributed by atoms with Crippen molar-refractivity contribution in [2.24, 2.45) is 5.41 Å². The van der Waals surface area contributed by atoms with Crippen LogP contribution >= 0.6 is 0 Å². The molecule has 0 aromatic heterocycles. The second-order valence-electron chi connectivity index (χ2n) is 4.65. The molecule has 1 aliphatic carbocycles. The van der Waals surface area contributed by atoms with Gasteiger partial charge in [-0.2, -0.15) is 0 Å². The number of hydroxylamine groups is 1. The van der Waals surface area contributed by atoms with Gasteiger partial charge in [0, 0.05) is 12.0 Å². The standard InChI is InChI=1S/C10H19NO2/c1-10(7-12-8-10)6-11-13-9-4-2-3-5-9/h9,11H,2-8H2,1H3. The summed E-state index contributed by atoms with van der Waals surface area (Å²) in [5.74, 6) is 0. The highest BCUT2D eigenvalue weighted by Gasteiger charge is 2.33. The summed E-state index contributed by atoms with van der Waals surface area (Å²) in [4.78, 5) is 5.57. The lowest BCUT2D eigenvalue weighted by Gasteiger charge is -2.38. The molecule has 1 heterocycles. The minimum Gasteiger partial charge on any atom is -0.380 e. The first-order chi connectivity index (χ1) is 6.29. The van der Waals surface area contributed by atoms with Gasteiger partial charge in [-0.15, -0.1) is 0 Å². The number of hydrogen-bond acceptors (Lipinski definition) is 3. The van der Waals surface area contributed by atoms with Gasteiger partial charge in [-0.1, -0.05) is 19.8 Å². The van der Waals surface area contributed by atoms with Crippen LogP contribution in [0.2, 0.25) is 0 Å². The Morgan fingerprint density at radius 3 is 2.62 bits per heavy atom. The molecule has 1 saturated carbocycles. The molecule has 0 atom stereocenters. The Balaban J connectivity index is 1.57. The maximum Gasteiger partial charge on any atom is 0.0790 e. The number of rotatable bonds is 4. The second-order valence-corrected chi connectivity index (χ2v) is 4.65. The molecular weight excluding hydrogens is 166 g/mol. The lowest BCUT2D eigenvalue weighted by molar-refractivity contribution is -0.128. The van der Waals surface area contributed by atoms with Crippen molar-refractivity contribution in [2.75, 3.05) is 19.8 Å². The summed E-state index contributed by atoms with van der Waals surface area (Å²) in [6.07, 6.45) is 5.56. The van der Waals surface area contributed by atoms with Crippen LogP contribution in [0.15, 0.2) is 0 Å². The highest BCUT2D eigenvalue weighted by atomic mass is 16.7. The largest absolute Gasteiger partial charge is 0.380 e. The van der Waals surface area contributed by atoms with Gasteiger partial charge < -0.3 is 4.74 Å². The van der Waals surface area contributed by atoms with Gasteiger partial charge in [0.25, 0.3) is 0 Å². The Hall–Kier alpha value is -0.120. The van der Waals surface area contributed by atoms with E-state index in [4.69, 9.17) is 9.57 Å². The predicted molar refractivity (Wildman–Crippen MR) is 50.3 cm³/mol. The molecule has 2 rings (SSSR count). The van der Waals surface area contributed by atoms with Crippen molar-refractivity contribution in [3.8, 4) is 0 Å². The SMILES string of the molecule is CC1(CNOC2CCCC2)COC1. The van der Waals surface area contributed by atoms with E-state index < -0.39 is 0 Å². The van der Waals surface area contributed by atoms with Crippen molar-refractivity contribution in [1.29, 1.82) is 0 Å². The van der Waals surface area contributed by atoms with Crippen LogP contribution in [-0.4, -0.2) is 25.9 Å². The average Bonchev–Trinajstić information content (AvgIpc) is 2.54. The fourth-order valence-corrected chi connectivity index (χ4v) is 1.89. The third kappa shape index (κ3) is 2.42. The molecule has 0 spiro atoms. The Morgan fingerprint density at radius 1 is 1.38 bits per heavy atom. The van der Waals surface area contributed by atoms with E-state index in [-0.39, 0.29) is 0 Å². The third-order valence-corrected chi connectivity index (χ3v) is 2.95. The molecule has 1 saturated heterocycles. The summed E-state index contributed by atoms with van der Waals surface area (Å²) in [5.41, 5.74) is 3.41. The van der Waals surface area contributed by atoms with Crippen molar-refractivity contribution in [1.82, 2.24) is 5.48 Å². The first-order valence-corrected chi connectivity index (χ1v) is 5.25. The van der Waals surface area contributed by atoms with Crippen molar-refractivity contribution >= 4 is 0 Å². The van der Waals surface area contributed by atoms with E-state index in [1.165, 1.54) is 25.7 Å². The van der Waals surface area contributed by atoms with Gasteiger partial charge in [-0.05, 0) is 12.8 Å². The lowest BCUT2D eigenvalue weighted by Crippen LogP contribution is -2.47. The number of hydrogen-bond donors (Lipinski definition) is 1. The highest BCUT2D eigenvalue weighted by Crippen LogP contribution is 2.26. The molecular formula is C10H19NO2. The summed E-state index contributed by atoms with van der Waals surface area (Å²) in [6, 6.07) is 0. The van der Waals surface area contributed by atoms with Crippen molar-refractivity contribution in [2.45, 2.75) is 38.7 Å². The van der Waals surface area contributed by atoms with E-state index in [2.05, 4.69) is 12.4 Å². The summed E-state index contributed by atoms with van der Waals surface area (Å²) in [6.45, 7) is 4.88. The molecule has 1 aliphatic heterocycles. The van der Waals surface area contributed by atoms with E-state index in [1.54, 1.807) is 0 Å². The van der Waals surface area contributed by atoms with E-state index in [9.17, 15) is 0 Å². The van der Waals surface area contributed by atoms with Crippen molar-refractivity contribution < 1.29 is 9.57 Å². The van der Waals surface area contributed by atoms with Crippen LogP contribution in [0.3, 0.4) is 0 Å². The lowest BCUT2D eigenvalue weighted by atomic mass is 9.89. The predicted octanol–water partition coefficient (Wildman–Crippen LogP) is 1.49. The maximum atomic E-state index is 5.57. The molecule has 0 aromatic carbocycles. The minimum atomic E-state index is 0.318. The number of ether oxygens (including phenoxy) is 1. The molecule has 0 aromatic rings. The van der Waals surface area contributed by atoms with Gasteiger partial charge in [0.1, 0.15) is 0 Å². The molecule has 2 aliphatic rings. The maximum absolute atomic E-state index is 5.57. The molecule has 0 radical (unpaired) electrons. The Bertz CT molecular complexity index is 162. The molecule has 3 nitrogen and oxygen atoms in total. The smallest absolute Gasteiger partial charge is 0.0790 e. The Kier molecular flexibility index (Phi) is 2.86. The quantitative estimate of drug-likeness (QED) is 0.673. The molecule has 76 valence electrons. The van der Waals surface area contributed by atoms with Crippen LogP contribution < -0.4 is 5.48 Å². The zero-order valence-corrected chi connectivity index (χ0v) is 8.34. The Labute approximate surface area is 79.7 Å². The minimum absolute atomic E-state index is 0.318. The average molecular weight is 185 g/mol. The van der Waals surface area contributed by atoms with Crippen LogP contribution in [-0.2, 0) is 9.57 Å². The zero-order chi connectivity index (χ0) is 9.15. The molecule has 0 bridgehead atoms. The van der Waals surface area contributed by atoms with Gasteiger partial charge in [-0.25, -0.2) is 5.48 Å². The van der Waals surface area contributed by atoms with Crippen LogP contribution in [0.1, 0.15) is 32.6 Å². The first-order valence-electron chi connectivity index (χ1n) is 5.25. The van der Waals surface area contributed by atoms with Crippen LogP contribution in [0, 0.1) is 5.41 Å². The molecule has 3 heteroatoms. The summed E-state index contributed by atoms with van der Waals surface area (Å²) in [5, 5.41) is 0. The van der Waals surface area contributed by atoms with Gasteiger partial charge in [0.15, 0.2) is 0 Å². The van der Waals surface area contributed by atoms with Crippen LogP contribution in [0.5, 0.6) is 0 Å². The first kappa shape index (κ1) is 9.44. The van der Waals surface area contributed by atoms with Gasteiger partial charge in [-0.3, -0.25) is 4.84 Å². The normalized spacial score (nSPS) is 27.5. The molecule has 13 heavy (non-hydrogen) atoms.